The fourth-order valence-corrected chi connectivity index (χ4v) is 2.46. The van der Waals surface area contributed by atoms with Gasteiger partial charge in [0.1, 0.15) is 4.90 Å². The Morgan fingerprint density at radius 2 is 1.84 bits per heavy atom. The summed E-state index contributed by atoms with van der Waals surface area (Å²) >= 11 is 0. The van der Waals surface area contributed by atoms with Crippen molar-refractivity contribution in [3.05, 3.63) is 29.8 Å². The van der Waals surface area contributed by atoms with E-state index < -0.39 is 26.6 Å². The van der Waals surface area contributed by atoms with Gasteiger partial charge in [-0.3, -0.25) is 0 Å². The number of rotatable bonds is 7. The molecule has 19 heavy (non-hydrogen) atoms. The lowest BCUT2D eigenvalue weighted by atomic mass is 10.3. The molecule has 4 nitrogen and oxygen atoms in total. The van der Waals surface area contributed by atoms with Crippen molar-refractivity contribution in [2.75, 3.05) is 19.6 Å². The van der Waals surface area contributed by atoms with Crippen LogP contribution in [-0.4, -0.2) is 28.1 Å². The summed E-state index contributed by atoms with van der Waals surface area (Å²) in [7, 11) is -4.01. The smallest absolute Gasteiger partial charge is 0.243 e. The Morgan fingerprint density at radius 3 is 2.47 bits per heavy atom. The monoisotopic (exact) mass is 314 g/mol. The van der Waals surface area contributed by atoms with Crippen LogP contribution in [0.25, 0.3) is 0 Å². The molecule has 1 aromatic carbocycles. The average Bonchev–Trinajstić information content (AvgIpc) is 2.32. The molecule has 0 spiro atoms. The van der Waals surface area contributed by atoms with E-state index in [4.69, 9.17) is 0 Å². The largest absolute Gasteiger partial charge is 0.315 e. The van der Waals surface area contributed by atoms with Crippen LogP contribution in [0.4, 0.5) is 8.78 Å². The van der Waals surface area contributed by atoms with Crippen LogP contribution in [0.1, 0.15) is 13.3 Å². The third kappa shape index (κ3) is 5.40. The maximum atomic E-state index is 13.3. The first kappa shape index (κ1) is 18.2. The van der Waals surface area contributed by atoms with Crippen LogP contribution in [0.3, 0.4) is 0 Å². The van der Waals surface area contributed by atoms with Crippen LogP contribution in [0.2, 0.25) is 0 Å². The quantitative estimate of drug-likeness (QED) is 0.753. The predicted molar refractivity (Wildman–Crippen MR) is 72.0 cm³/mol. The summed E-state index contributed by atoms with van der Waals surface area (Å²) in [5.41, 5.74) is 0. The van der Waals surface area contributed by atoms with E-state index in [1.807, 2.05) is 6.92 Å². The first-order valence-electron chi connectivity index (χ1n) is 5.63. The van der Waals surface area contributed by atoms with Crippen LogP contribution in [0.15, 0.2) is 23.1 Å². The summed E-state index contributed by atoms with van der Waals surface area (Å²) in [6, 6.07) is 3.06. The van der Waals surface area contributed by atoms with Gasteiger partial charge in [-0.25, -0.2) is 21.9 Å². The highest BCUT2D eigenvalue weighted by Crippen LogP contribution is 2.16. The van der Waals surface area contributed by atoms with Crippen molar-refractivity contribution in [1.29, 1.82) is 0 Å². The van der Waals surface area contributed by atoms with Crippen molar-refractivity contribution < 1.29 is 17.2 Å². The van der Waals surface area contributed by atoms with E-state index in [-0.39, 0.29) is 19.0 Å². The van der Waals surface area contributed by atoms with Gasteiger partial charge >= 0.3 is 0 Å². The Hall–Kier alpha value is -0.760. The molecule has 0 amide bonds. The summed E-state index contributed by atoms with van der Waals surface area (Å²) in [6.45, 7) is 3.32. The Kier molecular flexibility index (Phi) is 8.08. The maximum absolute atomic E-state index is 13.3. The van der Waals surface area contributed by atoms with Gasteiger partial charge in [-0.2, -0.15) is 0 Å². The molecule has 1 aromatic rings. The van der Waals surface area contributed by atoms with E-state index in [0.717, 1.165) is 31.2 Å². The van der Waals surface area contributed by atoms with Crippen LogP contribution in [-0.2, 0) is 10.0 Å². The first-order valence-corrected chi connectivity index (χ1v) is 7.11. The van der Waals surface area contributed by atoms with Gasteiger partial charge in [0, 0.05) is 13.1 Å². The third-order valence-corrected chi connectivity index (χ3v) is 3.70. The van der Waals surface area contributed by atoms with Gasteiger partial charge < -0.3 is 5.32 Å². The van der Waals surface area contributed by atoms with Gasteiger partial charge in [0.2, 0.25) is 10.0 Å². The number of hydrogen-bond acceptors (Lipinski definition) is 3. The summed E-state index contributed by atoms with van der Waals surface area (Å²) in [6.07, 6.45) is 0.936. The number of benzene rings is 1. The molecule has 0 aliphatic rings. The van der Waals surface area contributed by atoms with Crippen LogP contribution in [0, 0.1) is 11.6 Å². The van der Waals surface area contributed by atoms with E-state index in [9.17, 15) is 17.2 Å². The zero-order valence-corrected chi connectivity index (χ0v) is 12.1. The first-order chi connectivity index (χ1) is 8.49. The SMILES string of the molecule is CCCNCCNS(=O)(=O)c1cccc(F)c1F.Cl. The van der Waals surface area contributed by atoms with E-state index in [1.165, 1.54) is 0 Å². The lowest BCUT2D eigenvalue weighted by molar-refractivity contribution is 0.483. The molecule has 0 radical (unpaired) electrons. The van der Waals surface area contributed by atoms with E-state index in [0.29, 0.717) is 6.54 Å². The summed E-state index contributed by atoms with van der Waals surface area (Å²) in [5, 5.41) is 2.99. The molecular formula is C11H17ClF2N2O2S. The van der Waals surface area contributed by atoms with Gasteiger partial charge in [0.05, 0.1) is 0 Å². The number of nitrogens with one attached hydrogen (secondary N) is 2. The predicted octanol–water partition coefficient (Wildman–Crippen LogP) is 1.66. The minimum Gasteiger partial charge on any atom is -0.315 e. The molecule has 1 rings (SSSR count). The van der Waals surface area contributed by atoms with Gasteiger partial charge in [0.25, 0.3) is 0 Å². The topological polar surface area (TPSA) is 58.2 Å². The van der Waals surface area contributed by atoms with E-state index in [2.05, 4.69) is 10.0 Å². The number of hydrogen-bond donors (Lipinski definition) is 2. The highest BCUT2D eigenvalue weighted by molar-refractivity contribution is 7.89. The van der Waals surface area contributed by atoms with Crippen molar-refractivity contribution in [1.82, 2.24) is 10.0 Å². The minimum absolute atomic E-state index is 0. The zero-order chi connectivity index (χ0) is 13.6. The molecule has 2 N–H and O–H groups in total. The Morgan fingerprint density at radius 1 is 1.16 bits per heavy atom. The molecule has 0 saturated heterocycles. The Bertz CT molecular complexity index is 497. The third-order valence-electron chi connectivity index (χ3n) is 2.23. The molecule has 0 saturated carbocycles. The molecule has 0 fully saturated rings. The van der Waals surface area contributed by atoms with Gasteiger partial charge in [-0.15, -0.1) is 12.4 Å². The molecule has 0 aliphatic carbocycles. The summed E-state index contributed by atoms with van der Waals surface area (Å²) in [5.74, 6) is -2.53. The van der Waals surface area contributed by atoms with Crippen molar-refractivity contribution in [2.45, 2.75) is 18.2 Å². The molecular weight excluding hydrogens is 298 g/mol. The average molecular weight is 315 g/mol. The maximum Gasteiger partial charge on any atom is 0.243 e. The van der Waals surface area contributed by atoms with Gasteiger partial charge in [-0.1, -0.05) is 13.0 Å². The molecule has 0 unspecified atom stereocenters. The molecule has 0 atom stereocenters. The molecule has 8 heteroatoms. The highest BCUT2D eigenvalue weighted by atomic mass is 35.5. The summed E-state index contributed by atoms with van der Waals surface area (Å²) < 4.78 is 51.8. The Balaban J connectivity index is 0.00000324. The van der Waals surface area contributed by atoms with E-state index in [1.54, 1.807) is 0 Å². The normalized spacial score (nSPS) is 11.1. The van der Waals surface area contributed by atoms with E-state index >= 15 is 0 Å². The molecule has 0 heterocycles. The van der Waals surface area contributed by atoms with Gasteiger partial charge in [-0.05, 0) is 25.1 Å². The number of halogens is 3. The fraction of sp³-hybridized carbons (Fsp3) is 0.455. The number of sulfonamides is 1. The molecule has 0 aromatic heterocycles. The second-order valence-electron chi connectivity index (χ2n) is 3.70. The molecule has 110 valence electrons. The fourth-order valence-electron chi connectivity index (χ4n) is 1.34. The highest BCUT2D eigenvalue weighted by Gasteiger charge is 2.20. The van der Waals surface area contributed by atoms with Gasteiger partial charge in [0.15, 0.2) is 11.6 Å². The standard InChI is InChI=1S/C11H16F2N2O2S.ClH/c1-2-6-14-7-8-15-18(16,17)10-5-3-4-9(12)11(10)13;/h3-5,14-15H,2,6-8H2,1H3;1H. The summed E-state index contributed by atoms with van der Waals surface area (Å²) in [4.78, 5) is -0.669. The second-order valence-corrected chi connectivity index (χ2v) is 5.44. The zero-order valence-electron chi connectivity index (χ0n) is 10.4. The van der Waals surface area contributed by atoms with Crippen molar-refractivity contribution in [2.24, 2.45) is 0 Å². The lowest BCUT2D eigenvalue weighted by Gasteiger charge is -2.08. The van der Waals surface area contributed by atoms with Crippen molar-refractivity contribution in [3.8, 4) is 0 Å². The van der Waals surface area contributed by atoms with Crippen molar-refractivity contribution >= 4 is 22.4 Å². The minimum atomic E-state index is -4.01. The Labute approximate surface area is 118 Å². The van der Waals surface area contributed by atoms with Crippen molar-refractivity contribution in [3.63, 3.8) is 0 Å². The van der Waals surface area contributed by atoms with Crippen LogP contribution < -0.4 is 10.0 Å². The molecule has 0 bridgehead atoms. The van der Waals surface area contributed by atoms with Crippen LogP contribution >= 0.6 is 12.4 Å². The lowest BCUT2D eigenvalue weighted by Crippen LogP contribution is -2.32. The second kappa shape index (κ2) is 8.42. The molecule has 0 aliphatic heterocycles. The van der Waals surface area contributed by atoms with Crippen LogP contribution in [0.5, 0.6) is 0 Å².